The highest BCUT2D eigenvalue weighted by Gasteiger charge is 2.38. The van der Waals surface area contributed by atoms with Crippen molar-refractivity contribution in [3.05, 3.63) is 70.2 Å². The molecule has 2 aromatic carbocycles. The molecule has 0 bridgehead atoms. The lowest BCUT2D eigenvalue weighted by Crippen LogP contribution is -2.24. The maximum Gasteiger partial charge on any atom is 0.337 e. The molecular formula is C16H11BrF2O. The van der Waals surface area contributed by atoms with E-state index < -0.39 is 12.0 Å². The standard InChI is InChI=1S/C16H11BrF2O/c17-14-9-5-4-8-13(14)15(20)16(18,19)11-10-12-6-2-1-3-7-12/h1-9,15,20H. The van der Waals surface area contributed by atoms with Crippen LogP contribution in [0.5, 0.6) is 0 Å². The highest BCUT2D eigenvalue weighted by Crippen LogP contribution is 2.34. The monoisotopic (exact) mass is 336 g/mol. The second kappa shape index (κ2) is 6.17. The van der Waals surface area contributed by atoms with Gasteiger partial charge in [-0.15, -0.1) is 0 Å². The zero-order chi connectivity index (χ0) is 14.6. The molecule has 1 unspecified atom stereocenters. The number of hydrogen-bond acceptors (Lipinski definition) is 1. The molecule has 102 valence electrons. The highest BCUT2D eigenvalue weighted by atomic mass is 79.9. The summed E-state index contributed by atoms with van der Waals surface area (Å²) in [4.78, 5) is 0. The Labute approximate surface area is 124 Å². The molecule has 1 atom stereocenters. The molecule has 0 aliphatic rings. The Bertz CT molecular complexity index is 644. The van der Waals surface area contributed by atoms with Gasteiger partial charge in [0.25, 0.3) is 0 Å². The lowest BCUT2D eigenvalue weighted by molar-refractivity contribution is -0.0639. The van der Waals surface area contributed by atoms with Crippen LogP contribution in [0, 0.1) is 11.8 Å². The van der Waals surface area contributed by atoms with Gasteiger partial charge < -0.3 is 5.11 Å². The summed E-state index contributed by atoms with van der Waals surface area (Å²) in [5.74, 6) is 0.698. The van der Waals surface area contributed by atoms with Crippen LogP contribution in [0.3, 0.4) is 0 Å². The van der Waals surface area contributed by atoms with Crippen LogP contribution in [0.15, 0.2) is 59.1 Å². The zero-order valence-electron chi connectivity index (χ0n) is 10.4. The van der Waals surface area contributed by atoms with Crippen LogP contribution in [0.25, 0.3) is 0 Å². The molecule has 0 aliphatic carbocycles. The molecule has 0 amide bonds. The van der Waals surface area contributed by atoms with E-state index in [0.717, 1.165) is 0 Å². The molecule has 0 heterocycles. The molecule has 20 heavy (non-hydrogen) atoms. The van der Waals surface area contributed by atoms with Crippen molar-refractivity contribution >= 4 is 15.9 Å². The summed E-state index contributed by atoms with van der Waals surface area (Å²) in [5, 5.41) is 9.82. The van der Waals surface area contributed by atoms with Gasteiger partial charge >= 0.3 is 5.92 Å². The number of aliphatic hydroxyl groups excluding tert-OH is 1. The van der Waals surface area contributed by atoms with Gasteiger partial charge in [-0.05, 0) is 24.1 Å². The lowest BCUT2D eigenvalue weighted by Gasteiger charge is -2.18. The number of rotatable bonds is 2. The van der Waals surface area contributed by atoms with Gasteiger partial charge in [0.15, 0.2) is 6.10 Å². The molecule has 4 heteroatoms. The molecule has 1 nitrogen and oxygen atoms in total. The fourth-order valence-electron chi connectivity index (χ4n) is 1.64. The van der Waals surface area contributed by atoms with E-state index >= 15 is 0 Å². The molecule has 0 saturated carbocycles. The van der Waals surface area contributed by atoms with Gasteiger partial charge in [0.05, 0.1) is 0 Å². The number of alkyl halides is 2. The van der Waals surface area contributed by atoms with E-state index in [4.69, 9.17) is 0 Å². The van der Waals surface area contributed by atoms with Crippen LogP contribution in [0.4, 0.5) is 8.78 Å². The third-order valence-corrected chi connectivity index (χ3v) is 3.41. The van der Waals surface area contributed by atoms with Gasteiger partial charge in [-0.2, -0.15) is 8.78 Å². The SMILES string of the molecule is OC(c1ccccc1Br)C(F)(F)C#Cc1ccccc1. The first-order chi connectivity index (χ1) is 9.50. The van der Waals surface area contributed by atoms with Crippen LogP contribution in [0.2, 0.25) is 0 Å². The third-order valence-electron chi connectivity index (χ3n) is 2.69. The van der Waals surface area contributed by atoms with E-state index in [9.17, 15) is 13.9 Å². The van der Waals surface area contributed by atoms with Crippen molar-refractivity contribution in [2.24, 2.45) is 0 Å². The van der Waals surface area contributed by atoms with Crippen LogP contribution in [-0.4, -0.2) is 11.0 Å². The summed E-state index contributed by atoms with van der Waals surface area (Å²) in [7, 11) is 0. The van der Waals surface area contributed by atoms with E-state index in [0.29, 0.717) is 10.0 Å². The first kappa shape index (κ1) is 14.7. The molecule has 1 N–H and O–H groups in total. The summed E-state index contributed by atoms with van der Waals surface area (Å²) in [6.45, 7) is 0. The molecule has 2 aromatic rings. The van der Waals surface area contributed by atoms with Gasteiger partial charge in [-0.25, -0.2) is 0 Å². The van der Waals surface area contributed by atoms with Crippen molar-refractivity contribution in [3.63, 3.8) is 0 Å². The molecule has 0 fully saturated rings. The maximum atomic E-state index is 13.9. The Hall–Kier alpha value is -1.70. The molecule has 0 saturated heterocycles. The van der Waals surface area contributed by atoms with Gasteiger partial charge in [0.2, 0.25) is 0 Å². The first-order valence-corrected chi connectivity index (χ1v) is 6.68. The van der Waals surface area contributed by atoms with Crippen LogP contribution in [0.1, 0.15) is 17.2 Å². The number of benzene rings is 2. The Morgan fingerprint density at radius 2 is 1.60 bits per heavy atom. The molecule has 0 aliphatic heterocycles. The Kier molecular flexibility index (Phi) is 4.53. The van der Waals surface area contributed by atoms with Crippen molar-refractivity contribution in [1.29, 1.82) is 0 Å². The summed E-state index contributed by atoms with van der Waals surface area (Å²) < 4.78 is 28.3. The second-order valence-corrected chi connectivity index (χ2v) is 5.02. The molecule has 2 rings (SSSR count). The van der Waals surface area contributed by atoms with Crippen molar-refractivity contribution in [2.45, 2.75) is 12.0 Å². The second-order valence-electron chi connectivity index (χ2n) is 4.16. The van der Waals surface area contributed by atoms with Crippen LogP contribution < -0.4 is 0 Å². The van der Waals surface area contributed by atoms with Gasteiger partial charge in [0, 0.05) is 15.6 Å². The van der Waals surface area contributed by atoms with Gasteiger partial charge in [-0.3, -0.25) is 0 Å². The number of hydrogen-bond donors (Lipinski definition) is 1. The minimum Gasteiger partial charge on any atom is -0.381 e. The van der Waals surface area contributed by atoms with Crippen molar-refractivity contribution < 1.29 is 13.9 Å². The fourth-order valence-corrected chi connectivity index (χ4v) is 2.14. The van der Waals surface area contributed by atoms with E-state index in [1.54, 1.807) is 48.5 Å². The minimum atomic E-state index is -3.53. The molecular weight excluding hydrogens is 326 g/mol. The van der Waals surface area contributed by atoms with Crippen molar-refractivity contribution in [3.8, 4) is 11.8 Å². The highest BCUT2D eigenvalue weighted by molar-refractivity contribution is 9.10. The molecule has 0 aromatic heterocycles. The average molecular weight is 337 g/mol. The van der Waals surface area contributed by atoms with E-state index in [2.05, 4.69) is 21.9 Å². The first-order valence-electron chi connectivity index (χ1n) is 5.89. The lowest BCUT2D eigenvalue weighted by atomic mass is 10.0. The number of halogens is 3. The smallest absolute Gasteiger partial charge is 0.337 e. The predicted octanol–water partition coefficient (Wildman–Crippen LogP) is 4.17. The minimum absolute atomic E-state index is 0.111. The summed E-state index contributed by atoms with van der Waals surface area (Å²) >= 11 is 3.14. The average Bonchev–Trinajstić information content (AvgIpc) is 2.46. The maximum absolute atomic E-state index is 13.9. The van der Waals surface area contributed by atoms with Crippen LogP contribution in [-0.2, 0) is 0 Å². The van der Waals surface area contributed by atoms with E-state index in [1.165, 1.54) is 6.07 Å². The molecule has 0 radical (unpaired) electrons. The van der Waals surface area contributed by atoms with Crippen LogP contribution >= 0.6 is 15.9 Å². The number of aliphatic hydroxyl groups is 1. The topological polar surface area (TPSA) is 20.2 Å². The van der Waals surface area contributed by atoms with Crippen molar-refractivity contribution in [2.75, 3.05) is 0 Å². The van der Waals surface area contributed by atoms with Gasteiger partial charge in [0.1, 0.15) is 0 Å². The van der Waals surface area contributed by atoms with E-state index in [1.807, 2.05) is 5.92 Å². The quantitative estimate of drug-likeness (QED) is 0.816. The molecule has 0 spiro atoms. The zero-order valence-corrected chi connectivity index (χ0v) is 11.9. The predicted molar refractivity (Wildman–Crippen MR) is 77.4 cm³/mol. The Morgan fingerprint density at radius 3 is 2.25 bits per heavy atom. The normalized spacial score (nSPS) is 12.4. The summed E-state index contributed by atoms with van der Waals surface area (Å²) in [6.07, 6.45) is -1.98. The third kappa shape index (κ3) is 3.44. The largest absolute Gasteiger partial charge is 0.381 e. The van der Waals surface area contributed by atoms with Crippen molar-refractivity contribution in [1.82, 2.24) is 0 Å². The summed E-state index contributed by atoms with van der Waals surface area (Å²) in [6, 6.07) is 14.8. The van der Waals surface area contributed by atoms with E-state index in [-0.39, 0.29) is 5.56 Å². The fraction of sp³-hybridized carbons (Fsp3) is 0.125. The Morgan fingerprint density at radius 1 is 1.00 bits per heavy atom. The Balaban J connectivity index is 2.27. The van der Waals surface area contributed by atoms with Gasteiger partial charge in [-0.1, -0.05) is 58.2 Å². The summed E-state index contributed by atoms with van der Waals surface area (Å²) in [5.41, 5.74) is 0.589.